The van der Waals surface area contributed by atoms with E-state index in [1.54, 1.807) is 17.4 Å². The molecule has 0 radical (unpaired) electrons. The van der Waals surface area contributed by atoms with Gasteiger partial charge in [-0.2, -0.15) is 0 Å². The van der Waals surface area contributed by atoms with Gasteiger partial charge < -0.3 is 15.7 Å². The lowest BCUT2D eigenvalue weighted by molar-refractivity contribution is 0.202. The monoisotopic (exact) mass is 409 g/mol. The smallest absolute Gasteiger partial charge is 0.315 e. The van der Waals surface area contributed by atoms with Crippen molar-refractivity contribution < 1.29 is 9.90 Å². The normalized spacial score (nSPS) is 17.7. The zero-order chi connectivity index (χ0) is 20.4. The van der Waals surface area contributed by atoms with E-state index in [2.05, 4.69) is 52.9 Å². The molecule has 1 aliphatic heterocycles. The van der Waals surface area contributed by atoms with Crippen LogP contribution >= 0.6 is 11.3 Å². The number of rotatable bonds is 5. The lowest BCUT2D eigenvalue weighted by Gasteiger charge is -2.34. The third-order valence-corrected chi connectivity index (χ3v) is 6.69. The molecule has 6 heteroatoms. The van der Waals surface area contributed by atoms with Crippen LogP contribution in [0.4, 0.5) is 4.79 Å². The van der Waals surface area contributed by atoms with Crippen LogP contribution in [-0.4, -0.2) is 41.7 Å². The summed E-state index contributed by atoms with van der Waals surface area (Å²) < 4.78 is 1.29. The highest BCUT2D eigenvalue weighted by Crippen LogP contribution is 2.26. The molecule has 3 aromatic rings. The molecule has 2 unspecified atom stereocenters. The number of hydrogen-bond acceptors (Lipinski definition) is 4. The Kier molecular flexibility index (Phi) is 5.74. The van der Waals surface area contributed by atoms with Crippen molar-refractivity contribution in [3.8, 4) is 5.75 Å². The van der Waals surface area contributed by atoms with E-state index in [4.69, 9.17) is 0 Å². The predicted molar refractivity (Wildman–Crippen MR) is 119 cm³/mol. The molecule has 1 aromatic heterocycles. The van der Waals surface area contributed by atoms with Crippen molar-refractivity contribution in [3.63, 3.8) is 0 Å². The molecule has 0 saturated heterocycles. The van der Waals surface area contributed by atoms with Crippen LogP contribution in [0.15, 0.2) is 48.5 Å². The summed E-state index contributed by atoms with van der Waals surface area (Å²) in [5.41, 5.74) is 2.40. The minimum Gasteiger partial charge on any atom is -0.508 e. The van der Waals surface area contributed by atoms with Gasteiger partial charge in [0, 0.05) is 41.2 Å². The third-order valence-electron chi connectivity index (χ3n) is 5.55. The van der Waals surface area contributed by atoms with Crippen LogP contribution in [0.1, 0.15) is 22.9 Å². The minimum absolute atomic E-state index is 0.0656. The second-order valence-electron chi connectivity index (χ2n) is 7.94. The molecule has 0 fully saturated rings. The van der Waals surface area contributed by atoms with E-state index in [0.29, 0.717) is 12.3 Å². The van der Waals surface area contributed by atoms with Crippen molar-refractivity contribution >= 4 is 27.5 Å². The van der Waals surface area contributed by atoms with Crippen LogP contribution in [0.3, 0.4) is 0 Å². The third kappa shape index (κ3) is 4.71. The van der Waals surface area contributed by atoms with Crippen molar-refractivity contribution in [1.29, 1.82) is 0 Å². The van der Waals surface area contributed by atoms with E-state index in [1.807, 2.05) is 19.1 Å². The molecule has 2 aromatic carbocycles. The number of fused-ring (bicyclic) bond motifs is 2. The molecule has 1 aliphatic rings. The largest absolute Gasteiger partial charge is 0.508 e. The van der Waals surface area contributed by atoms with E-state index >= 15 is 0 Å². The second kappa shape index (κ2) is 8.43. The SMILES string of the molecule is CC(Cc1cc2ccccc2s1)NC(=O)NCC1Cc2ccc(O)cc2CN1C. The van der Waals surface area contributed by atoms with Gasteiger partial charge in [0.25, 0.3) is 0 Å². The molecule has 5 nitrogen and oxygen atoms in total. The lowest BCUT2D eigenvalue weighted by Crippen LogP contribution is -2.49. The van der Waals surface area contributed by atoms with E-state index in [1.165, 1.54) is 20.5 Å². The van der Waals surface area contributed by atoms with Gasteiger partial charge in [-0.05, 0) is 61.2 Å². The number of hydrogen-bond donors (Lipinski definition) is 3. The first-order valence-corrected chi connectivity index (χ1v) is 10.8. The van der Waals surface area contributed by atoms with Gasteiger partial charge in [-0.15, -0.1) is 11.3 Å². The summed E-state index contributed by atoms with van der Waals surface area (Å²) in [5.74, 6) is 0.306. The van der Waals surface area contributed by atoms with Crippen LogP contribution in [-0.2, 0) is 19.4 Å². The number of amides is 2. The zero-order valence-corrected chi connectivity index (χ0v) is 17.6. The number of benzene rings is 2. The Hall–Kier alpha value is -2.57. The summed E-state index contributed by atoms with van der Waals surface area (Å²) in [4.78, 5) is 15.9. The fourth-order valence-electron chi connectivity index (χ4n) is 3.97. The minimum atomic E-state index is -0.122. The summed E-state index contributed by atoms with van der Waals surface area (Å²) in [6.07, 6.45) is 1.69. The highest BCUT2D eigenvalue weighted by atomic mass is 32.1. The van der Waals surface area contributed by atoms with Gasteiger partial charge in [-0.25, -0.2) is 4.79 Å². The zero-order valence-electron chi connectivity index (χ0n) is 16.8. The van der Waals surface area contributed by atoms with E-state index < -0.39 is 0 Å². The number of carbonyl (C=O) groups is 1. The Morgan fingerprint density at radius 3 is 2.90 bits per heavy atom. The van der Waals surface area contributed by atoms with Crippen LogP contribution in [0.2, 0.25) is 0 Å². The van der Waals surface area contributed by atoms with Crippen molar-refractivity contribution in [3.05, 3.63) is 64.5 Å². The highest BCUT2D eigenvalue weighted by molar-refractivity contribution is 7.19. The summed E-state index contributed by atoms with van der Waals surface area (Å²) in [6.45, 7) is 3.41. The summed E-state index contributed by atoms with van der Waals surface area (Å²) in [7, 11) is 2.06. The number of thiophene rings is 1. The molecular formula is C23H27N3O2S. The standard InChI is InChI=1S/C23H27N3O2S/c1-15(9-21-12-17-5-3-4-6-22(17)29-21)25-23(28)24-13-19-10-16-7-8-20(27)11-18(16)14-26(19)2/h3-8,11-12,15,19,27H,9-10,13-14H2,1-2H3,(H2,24,25,28). The second-order valence-corrected chi connectivity index (χ2v) is 9.10. The number of phenolic OH excluding ortho intramolecular Hbond substituents is 1. The predicted octanol–water partition coefficient (Wildman–Crippen LogP) is 3.89. The maximum absolute atomic E-state index is 12.4. The van der Waals surface area contributed by atoms with Gasteiger partial charge in [-0.3, -0.25) is 4.90 Å². The van der Waals surface area contributed by atoms with Crippen LogP contribution in [0.5, 0.6) is 5.75 Å². The summed E-state index contributed by atoms with van der Waals surface area (Å²) in [6, 6.07) is 16.3. The van der Waals surface area contributed by atoms with Gasteiger partial charge >= 0.3 is 6.03 Å². The maximum Gasteiger partial charge on any atom is 0.315 e. The first kappa shape index (κ1) is 19.7. The average Bonchev–Trinajstić information content (AvgIpc) is 3.08. The number of nitrogens with one attached hydrogen (secondary N) is 2. The first-order chi connectivity index (χ1) is 14.0. The van der Waals surface area contributed by atoms with Crippen molar-refractivity contribution in [2.75, 3.05) is 13.6 Å². The molecule has 29 heavy (non-hydrogen) atoms. The number of likely N-dealkylation sites (N-methyl/N-ethyl adjacent to an activating group) is 1. The Morgan fingerprint density at radius 1 is 1.24 bits per heavy atom. The van der Waals surface area contributed by atoms with Crippen molar-refractivity contribution in [2.24, 2.45) is 0 Å². The number of aromatic hydroxyl groups is 1. The Labute approximate surface area is 175 Å². The average molecular weight is 410 g/mol. The van der Waals surface area contributed by atoms with E-state index in [9.17, 15) is 9.90 Å². The fraction of sp³-hybridized carbons (Fsp3) is 0.348. The Balaban J connectivity index is 1.27. The molecule has 0 bridgehead atoms. The highest BCUT2D eigenvalue weighted by Gasteiger charge is 2.24. The Morgan fingerprint density at radius 2 is 2.07 bits per heavy atom. The number of phenols is 1. The van der Waals surface area contributed by atoms with E-state index in [-0.39, 0.29) is 18.1 Å². The molecule has 2 amide bonds. The van der Waals surface area contributed by atoms with Gasteiger partial charge in [0.05, 0.1) is 0 Å². The van der Waals surface area contributed by atoms with Crippen molar-refractivity contribution in [2.45, 2.75) is 38.4 Å². The maximum atomic E-state index is 12.4. The molecular weight excluding hydrogens is 382 g/mol. The van der Waals surface area contributed by atoms with Crippen LogP contribution < -0.4 is 10.6 Å². The van der Waals surface area contributed by atoms with Gasteiger partial charge in [-0.1, -0.05) is 24.3 Å². The molecule has 0 spiro atoms. The number of carbonyl (C=O) groups excluding carboxylic acids is 1. The number of urea groups is 1. The van der Waals surface area contributed by atoms with Gasteiger partial charge in [0.15, 0.2) is 0 Å². The molecule has 2 heterocycles. The summed E-state index contributed by atoms with van der Waals surface area (Å²) >= 11 is 1.79. The molecule has 0 aliphatic carbocycles. The summed E-state index contributed by atoms with van der Waals surface area (Å²) in [5, 5.41) is 17.0. The number of nitrogens with zero attached hydrogens (tertiary/aromatic N) is 1. The molecule has 2 atom stereocenters. The van der Waals surface area contributed by atoms with Crippen LogP contribution in [0, 0.1) is 0 Å². The topological polar surface area (TPSA) is 64.6 Å². The molecule has 4 rings (SSSR count). The fourth-order valence-corrected chi connectivity index (χ4v) is 5.16. The van der Waals surface area contributed by atoms with Crippen molar-refractivity contribution in [1.82, 2.24) is 15.5 Å². The van der Waals surface area contributed by atoms with Gasteiger partial charge in [0.1, 0.15) is 5.75 Å². The Bertz CT molecular complexity index is 983. The molecule has 152 valence electrons. The van der Waals surface area contributed by atoms with Crippen LogP contribution in [0.25, 0.3) is 10.1 Å². The molecule has 3 N–H and O–H groups in total. The first-order valence-electron chi connectivity index (χ1n) is 10.0. The molecule has 0 saturated carbocycles. The van der Waals surface area contributed by atoms with E-state index in [0.717, 1.165) is 24.9 Å². The lowest BCUT2D eigenvalue weighted by atomic mass is 9.94. The quantitative estimate of drug-likeness (QED) is 0.599. The van der Waals surface area contributed by atoms with Gasteiger partial charge in [0.2, 0.25) is 0 Å².